The third-order valence-electron chi connectivity index (χ3n) is 5.68. The fraction of sp³-hybridized carbons (Fsp3) is 0.812. The number of aromatic nitrogens is 1. The van der Waals surface area contributed by atoms with Crippen molar-refractivity contribution in [3.05, 3.63) is 16.1 Å². The quantitative estimate of drug-likeness (QED) is 0.789. The van der Waals surface area contributed by atoms with E-state index < -0.39 is 0 Å². The topological polar surface area (TPSA) is 31.4 Å². The zero-order valence-electron chi connectivity index (χ0n) is 12.3. The maximum Gasteiger partial charge on any atom is 0.201 e. The van der Waals surface area contributed by atoms with Gasteiger partial charge in [0.05, 0.1) is 5.01 Å². The monoisotopic (exact) mass is 293 g/mol. The van der Waals surface area contributed by atoms with Gasteiger partial charge in [-0.05, 0) is 56.3 Å². The molecule has 4 bridgehead atoms. The highest BCUT2D eigenvalue weighted by molar-refractivity contribution is 7.09. The van der Waals surface area contributed by atoms with Gasteiger partial charge in [-0.3, -0.25) is 0 Å². The first-order valence-corrected chi connectivity index (χ1v) is 8.62. The van der Waals surface area contributed by atoms with E-state index in [4.69, 9.17) is 14.5 Å². The van der Waals surface area contributed by atoms with Crippen molar-refractivity contribution in [1.82, 2.24) is 4.98 Å². The summed E-state index contributed by atoms with van der Waals surface area (Å²) >= 11 is 1.83. The van der Waals surface area contributed by atoms with E-state index in [2.05, 4.69) is 5.38 Å². The van der Waals surface area contributed by atoms with Crippen LogP contribution in [-0.2, 0) is 14.9 Å². The number of nitrogens with zero attached hydrogens (tertiary/aromatic N) is 1. The fourth-order valence-corrected chi connectivity index (χ4v) is 6.40. The first kappa shape index (κ1) is 13.2. The molecule has 0 saturated heterocycles. The Morgan fingerprint density at radius 1 is 1.10 bits per heavy atom. The molecule has 0 radical (unpaired) electrons. The Hall–Kier alpha value is -0.450. The van der Waals surface area contributed by atoms with Crippen LogP contribution in [0.5, 0.6) is 0 Å². The molecular formula is C16H23NO2S. The zero-order valence-corrected chi connectivity index (χ0v) is 13.1. The van der Waals surface area contributed by atoms with Gasteiger partial charge in [0.2, 0.25) is 6.29 Å². The van der Waals surface area contributed by atoms with Crippen molar-refractivity contribution >= 4 is 11.3 Å². The molecular weight excluding hydrogens is 270 g/mol. The maximum absolute atomic E-state index is 5.34. The number of ether oxygens (including phenoxy) is 2. The molecule has 0 unspecified atom stereocenters. The van der Waals surface area contributed by atoms with Crippen LogP contribution in [0, 0.1) is 17.8 Å². The summed E-state index contributed by atoms with van der Waals surface area (Å²) in [4.78, 5) is 4.91. The molecule has 4 aliphatic carbocycles. The summed E-state index contributed by atoms with van der Waals surface area (Å²) in [6.45, 7) is 0. The summed E-state index contributed by atoms with van der Waals surface area (Å²) in [5.41, 5.74) is 1.34. The minimum absolute atomic E-state index is 0.311. The molecule has 5 rings (SSSR count). The van der Waals surface area contributed by atoms with E-state index in [-0.39, 0.29) is 6.29 Å². The van der Waals surface area contributed by atoms with Crippen LogP contribution in [-0.4, -0.2) is 19.2 Å². The normalized spacial score (nSPS) is 38.9. The van der Waals surface area contributed by atoms with Crippen LogP contribution in [0.1, 0.15) is 55.5 Å². The first-order chi connectivity index (χ1) is 9.72. The Bertz CT molecular complexity index is 459. The molecule has 0 atom stereocenters. The molecule has 110 valence electrons. The Kier molecular flexibility index (Phi) is 3.17. The summed E-state index contributed by atoms with van der Waals surface area (Å²) in [5, 5.41) is 3.48. The van der Waals surface area contributed by atoms with Crippen molar-refractivity contribution < 1.29 is 9.47 Å². The van der Waals surface area contributed by atoms with Crippen LogP contribution in [0.3, 0.4) is 0 Å². The molecule has 4 heteroatoms. The average molecular weight is 293 g/mol. The van der Waals surface area contributed by atoms with E-state index in [9.17, 15) is 0 Å². The molecule has 0 N–H and O–H groups in total. The van der Waals surface area contributed by atoms with Crippen molar-refractivity contribution in [1.29, 1.82) is 0 Å². The lowest BCUT2D eigenvalue weighted by Gasteiger charge is -2.56. The molecule has 20 heavy (non-hydrogen) atoms. The molecule has 4 saturated carbocycles. The molecule has 0 aliphatic heterocycles. The van der Waals surface area contributed by atoms with Crippen molar-refractivity contribution in [3.63, 3.8) is 0 Å². The molecule has 4 aliphatic rings. The van der Waals surface area contributed by atoms with E-state index in [0.717, 1.165) is 23.4 Å². The van der Waals surface area contributed by atoms with Gasteiger partial charge in [-0.15, -0.1) is 11.3 Å². The van der Waals surface area contributed by atoms with Gasteiger partial charge in [-0.25, -0.2) is 4.98 Å². The third-order valence-corrected chi connectivity index (χ3v) is 6.79. The Morgan fingerprint density at radius 3 is 2.15 bits per heavy atom. The van der Waals surface area contributed by atoms with Crippen molar-refractivity contribution in [2.75, 3.05) is 14.2 Å². The lowest BCUT2D eigenvalue weighted by molar-refractivity contribution is -0.108. The van der Waals surface area contributed by atoms with Crippen molar-refractivity contribution in [3.8, 4) is 0 Å². The number of rotatable bonds is 4. The highest BCUT2D eigenvalue weighted by Gasteiger charge is 2.53. The molecule has 1 aromatic rings. The van der Waals surface area contributed by atoms with E-state index in [1.807, 2.05) is 11.3 Å². The Morgan fingerprint density at radius 2 is 1.65 bits per heavy atom. The average Bonchev–Trinajstić information content (AvgIpc) is 2.89. The van der Waals surface area contributed by atoms with Gasteiger partial charge < -0.3 is 9.47 Å². The van der Waals surface area contributed by atoms with Gasteiger partial charge in [0.1, 0.15) is 5.69 Å². The molecule has 4 fully saturated rings. The maximum atomic E-state index is 5.34. The minimum Gasteiger partial charge on any atom is -0.350 e. The highest BCUT2D eigenvalue weighted by Crippen LogP contribution is 2.61. The number of hydrogen-bond donors (Lipinski definition) is 0. The van der Waals surface area contributed by atoms with Gasteiger partial charge in [-0.1, -0.05) is 0 Å². The molecule has 0 amide bonds. The number of hydrogen-bond acceptors (Lipinski definition) is 4. The van der Waals surface area contributed by atoms with Gasteiger partial charge in [-0.2, -0.15) is 0 Å². The molecule has 0 spiro atoms. The van der Waals surface area contributed by atoms with Crippen LogP contribution >= 0.6 is 11.3 Å². The molecule has 1 aromatic heterocycles. The lowest BCUT2D eigenvalue weighted by Crippen LogP contribution is -2.48. The molecule has 0 aromatic carbocycles. The van der Waals surface area contributed by atoms with E-state index in [1.54, 1.807) is 14.2 Å². The standard InChI is InChI=1S/C16H23NO2S/c1-18-14(19-2)13-9-20-15(17-13)16-6-10-3-11(7-16)5-12(4-10)8-16/h9-12,14H,3-8H2,1-2H3. The predicted molar refractivity (Wildman–Crippen MR) is 78.7 cm³/mol. The SMILES string of the molecule is COC(OC)c1csc(C23CC4CC(CC(C4)C2)C3)n1. The van der Waals surface area contributed by atoms with Crippen LogP contribution in [0.4, 0.5) is 0 Å². The van der Waals surface area contributed by atoms with Gasteiger partial charge >= 0.3 is 0 Å². The summed E-state index contributed by atoms with van der Waals surface area (Å²) < 4.78 is 10.7. The largest absolute Gasteiger partial charge is 0.350 e. The summed E-state index contributed by atoms with van der Waals surface area (Å²) in [6.07, 6.45) is 8.25. The van der Waals surface area contributed by atoms with E-state index in [0.29, 0.717) is 5.41 Å². The second-order valence-corrected chi connectivity index (χ2v) is 7.94. The third kappa shape index (κ3) is 1.96. The Labute approximate surface area is 124 Å². The van der Waals surface area contributed by atoms with Crippen LogP contribution in [0.2, 0.25) is 0 Å². The lowest BCUT2D eigenvalue weighted by atomic mass is 9.50. The second kappa shape index (κ2) is 4.79. The first-order valence-electron chi connectivity index (χ1n) is 7.74. The molecule has 1 heterocycles. The second-order valence-electron chi connectivity index (χ2n) is 7.08. The fourth-order valence-electron chi connectivity index (χ4n) is 5.35. The van der Waals surface area contributed by atoms with Crippen LogP contribution in [0.25, 0.3) is 0 Å². The number of thiazole rings is 1. The van der Waals surface area contributed by atoms with Crippen LogP contribution in [0.15, 0.2) is 5.38 Å². The summed E-state index contributed by atoms with van der Waals surface area (Å²) in [5.74, 6) is 2.90. The van der Waals surface area contributed by atoms with E-state index >= 15 is 0 Å². The minimum atomic E-state index is -0.311. The zero-order chi connectivity index (χ0) is 13.7. The summed E-state index contributed by atoms with van der Waals surface area (Å²) in [7, 11) is 3.36. The van der Waals surface area contributed by atoms with Gasteiger partial charge in [0.15, 0.2) is 0 Å². The number of methoxy groups -OCH3 is 2. The van der Waals surface area contributed by atoms with Crippen molar-refractivity contribution in [2.45, 2.75) is 50.2 Å². The highest BCUT2D eigenvalue weighted by atomic mass is 32.1. The predicted octanol–water partition coefficient (Wildman–Crippen LogP) is 3.90. The smallest absolute Gasteiger partial charge is 0.201 e. The Balaban J connectivity index is 1.64. The van der Waals surface area contributed by atoms with Gasteiger partial charge in [0.25, 0.3) is 0 Å². The summed E-state index contributed by atoms with van der Waals surface area (Å²) in [6, 6.07) is 0. The van der Waals surface area contributed by atoms with Gasteiger partial charge in [0, 0.05) is 25.0 Å². The molecule has 3 nitrogen and oxygen atoms in total. The van der Waals surface area contributed by atoms with Crippen molar-refractivity contribution in [2.24, 2.45) is 17.8 Å². The van der Waals surface area contributed by atoms with Crippen LogP contribution < -0.4 is 0 Å². The van der Waals surface area contributed by atoms with E-state index in [1.165, 1.54) is 43.5 Å².